The first-order valence-corrected chi connectivity index (χ1v) is 8.10. The molecule has 0 spiro atoms. The second-order valence-corrected chi connectivity index (χ2v) is 6.05. The lowest BCUT2D eigenvalue weighted by molar-refractivity contribution is -0.121. The molecule has 1 amide bonds. The molecule has 3 nitrogen and oxygen atoms in total. The number of benzene rings is 1. The first kappa shape index (κ1) is 14.4. The van der Waals surface area contributed by atoms with Gasteiger partial charge in [0.2, 0.25) is 5.91 Å². The molecular weight excluding hydrogens is 256 g/mol. The number of nitrogens with one attached hydrogen (secondary N) is 2. The van der Waals surface area contributed by atoms with E-state index in [0.29, 0.717) is 12.0 Å². The van der Waals surface area contributed by atoms with Gasteiger partial charge < -0.3 is 10.6 Å². The van der Waals surface area contributed by atoms with Crippen LogP contribution >= 0.6 is 11.8 Å². The van der Waals surface area contributed by atoms with Crippen LogP contribution in [0.5, 0.6) is 0 Å². The van der Waals surface area contributed by atoms with Crippen LogP contribution in [0.25, 0.3) is 0 Å². The molecule has 1 saturated heterocycles. The summed E-state index contributed by atoms with van der Waals surface area (Å²) in [4.78, 5) is 12.4. The number of thioether (sulfide) groups is 1. The number of piperidine rings is 1. The summed E-state index contributed by atoms with van der Waals surface area (Å²) in [5.74, 6) is 0.633. The van der Waals surface area contributed by atoms with Crippen molar-refractivity contribution in [2.75, 3.05) is 19.3 Å². The molecule has 0 aromatic heterocycles. The highest BCUT2D eigenvalue weighted by atomic mass is 32.2. The van der Waals surface area contributed by atoms with E-state index in [4.69, 9.17) is 0 Å². The Labute approximate surface area is 119 Å². The van der Waals surface area contributed by atoms with Crippen LogP contribution < -0.4 is 10.6 Å². The molecule has 0 aliphatic carbocycles. The molecule has 104 valence electrons. The molecule has 4 heteroatoms. The van der Waals surface area contributed by atoms with Crippen LogP contribution in [0, 0.1) is 5.92 Å². The molecule has 1 aromatic carbocycles. The largest absolute Gasteiger partial charge is 0.352 e. The summed E-state index contributed by atoms with van der Waals surface area (Å²) in [6.45, 7) is 4.17. The first-order valence-electron chi connectivity index (χ1n) is 6.81. The number of carbonyl (C=O) groups is 1. The Morgan fingerprint density at radius 1 is 1.42 bits per heavy atom. The van der Waals surface area contributed by atoms with Crippen LogP contribution in [0.2, 0.25) is 0 Å². The zero-order valence-corrected chi connectivity index (χ0v) is 12.4. The van der Waals surface area contributed by atoms with Crippen molar-refractivity contribution in [3.63, 3.8) is 0 Å². The Morgan fingerprint density at radius 3 is 2.79 bits per heavy atom. The minimum Gasteiger partial charge on any atom is -0.352 e. The number of rotatable bonds is 4. The Bertz CT molecular complexity index is 410. The quantitative estimate of drug-likeness (QED) is 0.887. The van der Waals surface area contributed by atoms with Gasteiger partial charge >= 0.3 is 0 Å². The van der Waals surface area contributed by atoms with Crippen molar-refractivity contribution >= 4 is 17.7 Å². The van der Waals surface area contributed by atoms with Gasteiger partial charge in [-0.1, -0.05) is 37.3 Å². The number of hydrogen-bond donors (Lipinski definition) is 2. The topological polar surface area (TPSA) is 41.1 Å². The minimum atomic E-state index is -0.108. The molecule has 0 saturated carbocycles. The molecule has 2 rings (SSSR count). The molecule has 3 unspecified atom stereocenters. The van der Waals surface area contributed by atoms with Gasteiger partial charge in [0.05, 0.1) is 0 Å². The Kier molecular flexibility index (Phi) is 5.28. The van der Waals surface area contributed by atoms with E-state index < -0.39 is 0 Å². The van der Waals surface area contributed by atoms with Gasteiger partial charge in [0.15, 0.2) is 0 Å². The van der Waals surface area contributed by atoms with Crippen molar-refractivity contribution in [3.05, 3.63) is 35.9 Å². The highest BCUT2D eigenvalue weighted by Crippen LogP contribution is 2.27. The maximum absolute atomic E-state index is 12.4. The zero-order chi connectivity index (χ0) is 13.7. The van der Waals surface area contributed by atoms with Crippen LogP contribution in [-0.4, -0.2) is 31.3 Å². The monoisotopic (exact) mass is 278 g/mol. The van der Waals surface area contributed by atoms with Crippen molar-refractivity contribution in [2.24, 2.45) is 5.92 Å². The van der Waals surface area contributed by atoms with Crippen LogP contribution in [0.15, 0.2) is 30.3 Å². The maximum Gasteiger partial charge on any atom is 0.237 e. The Hall–Kier alpha value is -1.00. The average Bonchev–Trinajstić information content (AvgIpc) is 2.43. The molecule has 1 aliphatic heterocycles. The van der Waals surface area contributed by atoms with Crippen molar-refractivity contribution in [1.29, 1.82) is 0 Å². The summed E-state index contributed by atoms with van der Waals surface area (Å²) < 4.78 is 0. The molecule has 0 radical (unpaired) electrons. The molecule has 1 fully saturated rings. The van der Waals surface area contributed by atoms with E-state index in [1.165, 1.54) is 0 Å². The molecular formula is C15H22N2OS. The summed E-state index contributed by atoms with van der Waals surface area (Å²) in [6.07, 6.45) is 3.01. The number of amides is 1. The zero-order valence-electron chi connectivity index (χ0n) is 11.6. The highest BCUT2D eigenvalue weighted by molar-refractivity contribution is 7.99. The fraction of sp³-hybridized carbons (Fsp3) is 0.533. The van der Waals surface area contributed by atoms with E-state index in [9.17, 15) is 4.79 Å². The molecule has 19 heavy (non-hydrogen) atoms. The van der Waals surface area contributed by atoms with Gasteiger partial charge in [0.25, 0.3) is 0 Å². The van der Waals surface area contributed by atoms with Crippen molar-refractivity contribution in [1.82, 2.24) is 10.6 Å². The fourth-order valence-corrected chi connectivity index (χ4v) is 3.22. The first-order chi connectivity index (χ1) is 9.22. The fourth-order valence-electron chi connectivity index (χ4n) is 2.51. The van der Waals surface area contributed by atoms with E-state index in [2.05, 4.69) is 17.6 Å². The smallest absolute Gasteiger partial charge is 0.237 e. The van der Waals surface area contributed by atoms with Crippen LogP contribution in [0.4, 0.5) is 0 Å². The molecule has 0 bridgehead atoms. The van der Waals surface area contributed by atoms with E-state index in [-0.39, 0.29) is 11.2 Å². The SMILES string of the molecule is CSC(C(=O)NC1CCNCC1C)c1ccccc1. The molecule has 1 aromatic rings. The second-order valence-electron chi connectivity index (χ2n) is 5.11. The summed E-state index contributed by atoms with van der Waals surface area (Å²) in [7, 11) is 0. The lowest BCUT2D eigenvalue weighted by atomic mass is 9.95. The predicted molar refractivity (Wildman–Crippen MR) is 81.3 cm³/mol. The van der Waals surface area contributed by atoms with E-state index >= 15 is 0 Å². The van der Waals surface area contributed by atoms with E-state index in [1.807, 2.05) is 36.6 Å². The van der Waals surface area contributed by atoms with Crippen LogP contribution in [0.3, 0.4) is 0 Å². The average molecular weight is 278 g/mol. The molecule has 2 N–H and O–H groups in total. The van der Waals surface area contributed by atoms with Gasteiger partial charge in [0.1, 0.15) is 5.25 Å². The van der Waals surface area contributed by atoms with Gasteiger partial charge in [0, 0.05) is 6.04 Å². The standard InChI is InChI=1S/C15H22N2OS/c1-11-10-16-9-8-13(11)17-15(18)14(19-2)12-6-4-3-5-7-12/h3-7,11,13-14,16H,8-10H2,1-2H3,(H,17,18). The number of hydrogen-bond acceptors (Lipinski definition) is 3. The molecule has 3 atom stereocenters. The van der Waals surface area contributed by atoms with Crippen molar-refractivity contribution in [2.45, 2.75) is 24.6 Å². The summed E-state index contributed by atoms with van der Waals surface area (Å²) in [5, 5.41) is 6.47. The van der Waals surface area contributed by atoms with Crippen LogP contribution in [0.1, 0.15) is 24.2 Å². The van der Waals surface area contributed by atoms with Gasteiger partial charge in [-0.15, -0.1) is 11.8 Å². The minimum absolute atomic E-state index is 0.108. The van der Waals surface area contributed by atoms with Gasteiger partial charge in [-0.2, -0.15) is 0 Å². The Morgan fingerprint density at radius 2 is 2.16 bits per heavy atom. The third-order valence-electron chi connectivity index (χ3n) is 3.69. The Balaban J connectivity index is 2.01. The van der Waals surface area contributed by atoms with Gasteiger partial charge in [-0.25, -0.2) is 0 Å². The summed E-state index contributed by atoms with van der Waals surface area (Å²) in [5.41, 5.74) is 1.08. The predicted octanol–water partition coefficient (Wildman–Crippen LogP) is 2.20. The summed E-state index contributed by atoms with van der Waals surface area (Å²) in [6, 6.07) is 10.3. The maximum atomic E-state index is 12.4. The normalized spacial score (nSPS) is 24.7. The lowest BCUT2D eigenvalue weighted by Gasteiger charge is -2.31. The van der Waals surface area contributed by atoms with Crippen LogP contribution in [-0.2, 0) is 4.79 Å². The highest BCUT2D eigenvalue weighted by Gasteiger charge is 2.26. The number of carbonyl (C=O) groups excluding carboxylic acids is 1. The third-order valence-corrected chi connectivity index (χ3v) is 4.65. The van der Waals surface area contributed by atoms with E-state index in [0.717, 1.165) is 25.1 Å². The molecule has 1 aliphatic rings. The summed E-state index contributed by atoms with van der Waals surface area (Å²) >= 11 is 1.59. The van der Waals surface area contributed by atoms with Gasteiger partial charge in [-0.05, 0) is 37.2 Å². The van der Waals surface area contributed by atoms with Gasteiger partial charge in [-0.3, -0.25) is 4.79 Å². The third kappa shape index (κ3) is 3.74. The van der Waals surface area contributed by atoms with Crippen molar-refractivity contribution in [3.8, 4) is 0 Å². The molecule has 1 heterocycles. The lowest BCUT2D eigenvalue weighted by Crippen LogP contribution is -2.49. The van der Waals surface area contributed by atoms with E-state index in [1.54, 1.807) is 11.8 Å². The van der Waals surface area contributed by atoms with Crippen molar-refractivity contribution < 1.29 is 4.79 Å². The second kappa shape index (κ2) is 6.96.